The first-order valence-electron chi connectivity index (χ1n) is 9.73. The number of hydrogen-bond donors (Lipinski definition) is 0. The summed E-state index contributed by atoms with van der Waals surface area (Å²) in [5.41, 5.74) is 2.12. The third-order valence-electron chi connectivity index (χ3n) is 5.20. The molecular weight excluding hydrogens is 352 g/mol. The predicted octanol–water partition coefficient (Wildman–Crippen LogP) is 2.11. The minimum Gasteiger partial charge on any atom is -0.340 e. The van der Waals surface area contributed by atoms with Gasteiger partial charge in [0.1, 0.15) is 5.82 Å². The summed E-state index contributed by atoms with van der Waals surface area (Å²) in [5, 5.41) is 4.52. The molecule has 0 radical (unpaired) electrons. The van der Waals surface area contributed by atoms with Gasteiger partial charge < -0.3 is 4.90 Å². The maximum absolute atomic E-state index is 12.7. The minimum absolute atomic E-state index is 0.0996. The van der Waals surface area contributed by atoms with Gasteiger partial charge in [-0.05, 0) is 17.5 Å². The fourth-order valence-corrected chi connectivity index (χ4v) is 3.63. The Bertz CT molecular complexity index is 992. The first kappa shape index (κ1) is 18.2. The number of amides is 1. The van der Waals surface area contributed by atoms with Gasteiger partial charge in [0.2, 0.25) is 5.91 Å². The zero-order valence-electron chi connectivity index (χ0n) is 15.8. The number of aromatic nitrogens is 3. The first-order chi connectivity index (χ1) is 13.7. The second-order valence-electron chi connectivity index (χ2n) is 7.11. The second-order valence-corrected chi connectivity index (χ2v) is 7.11. The Morgan fingerprint density at radius 3 is 2.29 bits per heavy atom. The second kappa shape index (κ2) is 8.25. The van der Waals surface area contributed by atoms with Crippen LogP contribution in [0.3, 0.4) is 0 Å². The molecule has 1 amide bonds. The summed E-state index contributed by atoms with van der Waals surface area (Å²) in [5.74, 6) is 0.901. The summed E-state index contributed by atoms with van der Waals surface area (Å²) >= 11 is 0. The third kappa shape index (κ3) is 4.06. The van der Waals surface area contributed by atoms with Gasteiger partial charge in [0, 0.05) is 32.5 Å². The van der Waals surface area contributed by atoms with Gasteiger partial charge in [-0.2, -0.15) is 5.10 Å². The summed E-state index contributed by atoms with van der Waals surface area (Å²) in [6.07, 6.45) is 1.84. The van der Waals surface area contributed by atoms with E-state index in [1.54, 1.807) is 4.57 Å². The SMILES string of the molecule is O=C(CCc1ccccc1)N1CCc2nn(Cc3ccccc3)c(=O)n2CC1. The van der Waals surface area contributed by atoms with E-state index in [4.69, 9.17) is 0 Å². The number of rotatable bonds is 5. The molecule has 1 aliphatic rings. The fourth-order valence-electron chi connectivity index (χ4n) is 3.63. The standard InChI is InChI=1S/C22H24N4O2/c27-21(12-11-18-7-3-1-4-8-18)24-14-13-20-23-26(22(28)25(20)16-15-24)17-19-9-5-2-6-10-19/h1-10H,11-17H2. The van der Waals surface area contributed by atoms with E-state index >= 15 is 0 Å². The van der Waals surface area contributed by atoms with E-state index in [-0.39, 0.29) is 11.6 Å². The highest BCUT2D eigenvalue weighted by Gasteiger charge is 2.22. The van der Waals surface area contributed by atoms with Gasteiger partial charge in [-0.25, -0.2) is 9.48 Å². The molecule has 2 aromatic carbocycles. The van der Waals surface area contributed by atoms with Crippen molar-refractivity contribution in [2.24, 2.45) is 0 Å². The molecule has 4 rings (SSSR count). The molecule has 0 saturated carbocycles. The number of carbonyl (C=O) groups is 1. The van der Waals surface area contributed by atoms with Crippen LogP contribution in [0.15, 0.2) is 65.5 Å². The molecule has 6 nitrogen and oxygen atoms in total. The molecule has 6 heteroatoms. The van der Waals surface area contributed by atoms with Crippen molar-refractivity contribution in [3.8, 4) is 0 Å². The molecule has 1 aromatic heterocycles. The molecular formula is C22H24N4O2. The highest BCUT2D eigenvalue weighted by molar-refractivity contribution is 5.76. The average Bonchev–Trinajstić information content (AvgIpc) is 2.90. The molecule has 0 bridgehead atoms. The van der Waals surface area contributed by atoms with Crippen molar-refractivity contribution in [2.45, 2.75) is 32.4 Å². The molecule has 0 spiro atoms. The molecule has 0 aliphatic carbocycles. The van der Waals surface area contributed by atoms with Crippen LogP contribution in [0.1, 0.15) is 23.4 Å². The van der Waals surface area contributed by atoms with Crippen molar-refractivity contribution < 1.29 is 4.79 Å². The van der Waals surface area contributed by atoms with Crippen molar-refractivity contribution in [1.29, 1.82) is 0 Å². The molecule has 0 fully saturated rings. The maximum Gasteiger partial charge on any atom is 0.346 e. The quantitative estimate of drug-likeness (QED) is 0.685. The van der Waals surface area contributed by atoms with E-state index in [1.165, 1.54) is 10.2 Å². The van der Waals surface area contributed by atoms with Crippen molar-refractivity contribution in [3.63, 3.8) is 0 Å². The lowest BCUT2D eigenvalue weighted by molar-refractivity contribution is -0.131. The molecule has 28 heavy (non-hydrogen) atoms. The molecule has 0 N–H and O–H groups in total. The van der Waals surface area contributed by atoms with Crippen molar-refractivity contribution in [2.75, 3.05) is 13.1 Å². The summed E-state index contributed by atoms with van der Waals surface area (Å²) in [7, 11) is 0. The van der Waals surface area contributed by atoms with Crippen LogP contribution in [0.2, 0.25) is 0 Å². The van der Waals surface area contributed by atoms with E-state index in [1.807, 2.05) is 65.6 Å². The zero-order valence-corrected chi connectivity index (χ0v) is 15.8. The van der Waals surface area contributed by atoms with Crippen LogP contribution >= 0.6 is 0 Å². The Hall–Kier alpha value is -3.15. The number of aryl methyl sites for hydroxylation is 1. The first-order valence-corrected chi connectivity index (χ1v) is 9.73. The van der Waals surface area contributed by atoms with Crippen LogP contribution in [0.25, 0.3) is 0 Å². The molecule has 0 atom stereocenters. The topological polar surface area (TPSA) is 60.1 Å². The Morgan fingerprint density at radius 1 is 0.893 bits per heavy atom. The molecule has 144 valence electrons. The Morgan fingerprint density at radius 2 is 1.57 bits per heavy atom. The van der Waals surface area contributed by atoms with Crippen LogP contribution in [0.4, 0.5) is 0 Å². The van der Waals surface area contributed by atoms with Gasteiger partial charge >= 0.3 is 5.69 Å². The van der Waals surface area contributed by atoms with Gasteiger partial charge in [-0.3, -0.25) is 9.36 Å². The summed E-state index contributed by atoms with van der Waals surface area (Å²) < 4.78 is 3.24. The average molecular weight is 376 g/mol. The highest BCUT2D eigenvalue weighted by atomic mass is 16.2. The van der Waals surface area contributed by atoms with E-state index in [0.29, 0.717) is 39.0 Å². The maximum atomic E-state index is 12.7. The third-order valence-corrected chi connectivity index (χ3v) is 5.20. The Balaban J connectivity index is 1.39. The van der Waals surface area contributed by atoms with Gasteiger partial charge in [-0.15, -0.1) is 0 Å². The van der Waals surface area contributed by atoms with E-state index in [9.17, 15) is 9.59 Å². The molecule has 3 aromatic rings. The highest BCUT2D eigenvalue weighted by Crippen LogP contribution is 2.10. The molecule has 1 aliphatic heterocycles. The van der Waals surface area contributed by atoms with Crippen LogP contribution < -0.4 is 5.69 Å². The van der Waals surface area contributed by atoms with Crippen LogP contribution in [-0.2, 0) is 30.7 Å². The van der Waals surface area contributed by atoms with Crippen molar-refractivity contribution in [1.82, 2.24) is 19.2 Å². The number of nitrogens with zero attached hydrogens (tertiary/aromatic N) is 4. The number of fused-ring (bicyclic) bond motifs is 1. The summed E-state index contributed by atoms with van der Waals surface area (Å²) in [6, 6.07) is 19.9. The summed E-state index contributed by atoms with van der Waals surface area (Å²) in [6.45, 7) is 2.13. The largest absolute Gasteiger partial charge is 0.346 e. The lowest BCUT2D eigenvalue weighted by Crippen LogP contribution is -2.35. The normalized spacial score (nSPS) is 13.8. The van der Waals surface area contributed by atoms with Gasteiger partial charge in [0.15, 0.2) is 0 Å². The molecule has 0 saturated heterocycles. The fraction of sp³-hybridized carbons (Fsp3) is 0.318. The van der Waals surface area contributed by atoms with Gasteiger partial charge in [0.25, 0.3) is 0 Å². The van der Waals surface area contributed by atoms with Gasteiger partial charge in [-0.1, -0.05) is 60.7 Å². The Kier molecular flexibility index (Phi) is 5.37. The number of benzene rings is 2. The Labute approximate surface area is 164 Å². The molecule has 0 unspecified atom stereocenters. The lowest BCUT2D eigenvalue weighted by atomic mass is 10.1. The van der Waals surface area contributed by atoms with Crippen LogP contribution in [-0.4, -0.2) is 38.2 Å². The van der Waals surface area contributed by atoms with Crippen LogP contribution in [0, 0.1) is 0 Å². The van der Waals surface area contributed by atoms with Crippen LogP contribution in [0.5, 0.6) is 0 Å². The van der Waals surface area contributed by atoms with E-state index in [2.05, 4.69) is 5.10 Å². The van der Waals surface area contributed by atoms with Gasteiger partial charge in [0.05, 0.1) is 6.54 Å². The minimum atomic E-state index is -0.0996. The lowest BCUT2D eigenvalue weighted by Gasteiger charge is -2.20. The van der Waals surface area contributed by atoms with Crippen molar-refractivity contribution in [3.05, 3.63) is 88.1 Å². The smallest absolute Gasteiger partial charge is 0.340 e. The monoisotopic (exact) mass is 376 g/mol. The summed E-state index contributed by atoms with van der Waals surface area (Å²) in [4.78, 5) is 27.2. The molecule has 2 heterocycles. The number of hydrogen-bond acceptors (Lipinski definition) is 3. The zero-order chi connectivity index (χ0) is 19.3. The predicted molar refractivity (Wildman–Crippen MR) is 107 cm³/mol. The van der Waals surface area contributed by atoms with E-state index in [0.717, 1.165) is 17.8 Å². The van der Waals surface area contributed by atoms with E-state index < -0.39 is 0 Å². The van der Waals surface area contributed by atoms with Crippen molar-refractivity contribution >= 4 is 5.91 Å². The number of carbonyl (C=O) groups excluding carboxylic acids is 1.